The molecular formula is C19H26N4. The van der Waals surface area contributed by atoms with Gasteiger partial charge in [0.1, 0.15) is 0 Å². The molecule has 23 heavy (non-hydrogen) atoms. The van der Waals surface area contributed by atoms with Crippen LogP contribution in [-0.4, -0.2) is 61.6 Å². The highest BCUT2D eigenvalue weighted by atomic mass is 15.3. The van der Waals surface area contributed by atoms with Crippen LogP contribution < -0.4 is 5.32 Å². The van der Waals surface area contributed by atoms with Gasteiger partial charge in [-0.25, -0.2) is 0 Å². The number of benzene rings is 1. The van der Waals surface area contributed by atoms with E-state index in [4.69, 9.17) is 0 Å². The van der Waals surface area contributed by atoms with Gasteiger partial charge in [0.2, 0.25) is 0 Å². The topological polar surface area (TPSA) is 31.4 Å². The predicted octanol–water partition coefficient (Wildman–Crippen LogP) is 2.26. The average Bonchev–Trinajstić information content (AvgIpc) is 2.62. The molecule has 0 bridgehead atoms. The Balaban J connectivity index is 1.67. The van der Waals surface area contributed by atoms with Crippen molar-refractivity contribution in [3.05, 3.63) is 54.4 Å². The van der Waals surface area contributed by atoms with Crippen molar-refractivity contribution >= 4 is 0 Å². The first-order chi connectivity index (χ1) is 11.3. The smallest absolute Gasteiger partial charge is 0.0446 e. The molecule has 1 N–H and O–H groups in total. The Morgan fingerprint density at radius 2 is 1.78 bits per heavy atom. The highest BCUT2D eigenvalue weighted by molar-refractivity contribution is 5.62. The molecule has 0 saturated carbocycles. The van der Waals surface area contributed by atoms with Gasteiger partial charge in [-0.3, -0.25) is 9.88 Å². The van der Waals surface area contributed by atoms with Crippen molar-refractivity contribution in [2.75, 3.05) is 46.8 Å². The van der Waals surface area contributed by atoms with E-state index in [-0.39, 0.29) is 0 Å². The molecule has 1 unspecified atom stereocenters. The lowest BCUT2D eigenvalue weighted by atomic mass is 10.0. The largest absolute Gasteiger partial charge is 0.312 e. The van der Waals surface area contributed by atoms with Gasteiger partial charge in [-0.1, -0.05) is 30.3 Å². The molecule has 4 nitrogen and oxygen atoms in total. The number of hydrogen-bond donors (Lipinski definition) is 1. The fraction of sp³-hybridized carbons (Fsp3) is 0.421. The average molecular weight is 310 g/mol. The Labute approximate surface area is 139 Å². The highest BCUT2D eigenvalue weighted by Gasteiger charge is 2.18. The summed E-state index contributed by atoms with van der Waals surface area (Å²) in [4.78, 5) is 9.14. The minimum Gasteiger partial charge on any atom is -0.312 e. The lowest BCUT2D eigenvalue weighted by Gasteiger charge is -2.34. The summed E-state index contributed by atoms with van der Waals surface area (Å²) in [5.74, 6) is 0. The zero-order chi connectivity index (χ0) is 16.1. The monoisotopic (exact) mass is 310 g/mol. The molecule has 3 rings (SSSR count). The SMILES string of the molecule is CNC(CN1CCN(C)CC1)c1ccc(-c2cccnc2)cc1. The van der Waals surface area contributed by atoms with Crippen molar-refractivity contribution in [2.45, 2.75) is 6.04 Å². The lowest BCUT2D eigenvalue weighted by Crippen LogP contribution is -2.47. The molecule has 1 aromatic heterocycles. The predicted molar refractivity (Wildman–Crippen MR) is 95.4 cm³/mol. The maximum Gasteiger partial charge on any atom is 0.0446 e. The molecule has 0 amide bonds. The molecular weight excluding hydrogens is 284 g/mol. The summed E-state index contributed by atoms with van der Waals surface area (Å²) in [6.45, 7) is 5.70. The van der Waals surface area contributed by atoms with Gasteiger partial charge in [-0.15, -0.1) is 0 Å². The number of piperazine rings is 1. The second kappa shape index (κ2) is 7.68. The standard InChI is InChI=1S/C19H26N4/c1-20-19(15-23-12-10-22(2)11-13-23)17-7-5-16(6-8-17)18-4-3-9-21-14-18/h3-9,14,19-20H,10-13,15H2,1-2H3. The van der Waals surface area contributed by atoms with Gasteiger partial charge >= 0.3 is 0 Å². The Morgan fingerprint density at radius 1 is 1.04 bits per heavy atom. The van der Waals surface area contributed by atoms with Crippen LogP contribution in [0.25, 0.3) is 11.1 Å². The third kappa shape index (κ3) is 4.16. The van der Waals surface area contributed by atoms with Gasteiger partial charge in [0, 0.05) is 51.2 Å². The van der Waals surface area contributed by atoms with Gasteiger partial charge in [0.15, 0.2) is 0 Å². The highest BCUT2D eigenvalue weighted by Crippen LogP contribution is 2.22. The van der Waals surface area contributed by atoms with Crippen molar-refractivity contribution in [2.24, 2.45) is 0 Å². The summed E-state index contributed by atoms with van der Waals surface area (Å²) >= 11 is 0. The molecule has 1 aromatic carbocycles. The van der Waals surface area contributed by atoms with E-state index in [1.54, 1.807) is 0 Å². The third-order valence-electron chi connectivity index (χ3n) is 4.69. The first-order valence-corrected chi connectivity index (χ1v) is 8.35. The number of hydrogen-bond acceptors (Lipinski definition) is 4. The normalized spacial score (nSPS) is 18.0. The Morgan fingerprint density at radius 3 is 2.39 bits per heavy atom. The molecule has 1 aliphatic heterocycles. The number of nitrogens with zero attached hydrogens (tertiary/aromatic N) is 3. The van der Waals surface area contributed by atoms with Crippen LogP contribution in [0.4, 0.5) is 0 Å². The molecule has 1 aliphatic rings. The Bertz CT molecular complexity index is 589. The van der Waals surface area contributed by atoms with Crippen LogP contribution in [0.2, 0.25) is 0 Å². The number of nitrogens with one attached hydrogen (secondary N) is 1. The summed E-state index contributed by atoms with van der Waals surface area (Å²) in [6.07, 6.45) is 3.72. The molecule has 2 aromatic rings. The van der Waals surface area contributed by atoms with Crippen LogP contribution >= 0.6 is 0 Å². The lowest BCUT2D eigenvalue weighted by molar-refractivity contribution is 0.143. The number of aromatic nitrogens is 1. The fourth-order valence-corrected chi connectivity index (χ4v) is 3.09. The number of rotatable bonds is 5. The molecule has 1 fully saturated rings. The van der Waals surface area contributed by atoms with Crippen LogP contribution in [0.5, 0.6) is 0 Å². The van der Waals surface area contributed by atoms with E-state index in [9.17, 15) is 0 Å². The van der Waals surface area contributed by atoms with Crippen LogP contribution in [0, 0.1) is 0 Å². The van der Waals surface area contributed by atoms with Crippen LogP contribution in [0.15, 0.2) is 48.8 Å². The number of pyridine rings is 1. The van der Waals surface area contributed by atoms with Crippen molar-refractivity contribution < 1.29 is 0 Å². The van der Waals surface area contributed by atoms with Crippen molar-refractivity contribution in [3.63, 3.8) is 0 Å². The summed E-state index contributed by atoms with van der Waals surface area (Å²) in [7, 11) is 4.25. The fourth-order valence-electron chi connectivity index (χ4n) is 3.09. The summed E-state index contributed by atoms with van der Waals surface area (Å²) in [5.41, 5.74) is 3.73. The van der Waals surface area contributed by atoms with E-state index in [1.807, 2.05) is 18.5 Å². The van der Waals surface area contributed by atoms with Gasteiger partial charge < -0.3 is 10.2 Å². The maximum absolute atomic E-state index is 4.20. The van der Waals surface area contributed by atoms with Crippen LogP contribution in [0.3, 0.4) is 0 Å². The Hall–Kier alpha value is -1.75. The summed E-state index contributed by atoms with van der Waals surface area (Å²) in [6, 6.07) is 13.3. The van der Waals surface area contributed by atoms with E-state index in [0.29, 0.717) is 6.04 Å². The minimum atomic E-state index is 0.376. The van der Waals surface area contributed by atoms with Crippen molar-refractivity contribution in [3.8, 4) is 11.1 Å². The molecule has 2 heterocycles. The zero-order valence-corrected chi connectivity index (χ0v) is 14.1. The van der Waals surface area contributed by atoms with Gasteiger partial charge in [0.25, 0.3) is 0 Å². The van der Waals surface area contributed by atoms with Crippen LogP contribution in [0.1, 0.15) is 11.6 Å². The Kier molecular flexibility index (Phi) is 5.39. The van der Waals surface area contributed by atoms with Crippen LogP contribution in [-0.2, 0) is 0 Å². The summed E-state index contributed by atoms with van der Waals surface area (Å²) in [5, 5.41) is 3.47. The minimum absolute atomic E-state index is 0.376. The molecule has 1 saturated heterocycles. The van der Waals surface area contributed by atoms with Gasteiger partial charge in [-0.2, -0.15) is 0 Å². The second-order valence-corrected chi connectivity index (χ2v) is 6.31. The number of likely N-dealkylation sites (N-methyl/N-ethyl adjacent to an activating group) is 2. The van der Waals surface area contributed by atoms with E-state index in [2.05, 4.69) is 64.5 Å². The van der Waals surface area contributed by atoms with E-state index in [1.165, 1.54) is 16.7 Å². The zero-order valence-electron chi connectivity index (χ0n) is 14.1. The first kappa shape index (κ1) is 16.1. The maximum atomic E-state index is 4.20. The van der Waals surface area contributed by atoms with E-state index in [0.717, 1.165) is 32.7 Å². The van der Waals surface area contributed by atoms with Crippen molar-refractivity contribution in [1.82, 2.24) is 20.1 Å². The molecule has 1 atom stereocenters. The van der Waals surface area contributed by atoms with Crippen molar-refractivity contribution in [1.29, 1.82) is 0 Å². The molecule has 0 aliphatic carbocycles. The third-order valence-corrected chi connectivity index (χ3v) is 4.69. The quantitative estimate of drug-likeness (QED) is 0.918. The molecule has 122 valence electrons. The molecule has 0 spiro atoms. The van der Waals surface area contributed by atoms with Gasteiger partial charge in [0.05, 0.1) is 0 Å². The molecule has 4 heteroatoms. The van der Waals surface area contributed by atoms with Gasteiger partial charge in [-0.05, 0) is 36.9 Å². The first-order valence-electron chi connectivity index (χ1n) is 8.35. The summed E-state index contributed by atoms with van der Waals surface area (Å²) < 4.78 is 0. The molecule has 0 radical (unpaired) electrons. The van der Waals surface area contributed by atoms with E-state index < -0.39 is 0 Å². The van der Waals surface area contributed by atoms with E-state index >= 15 is 0 Å². The second-order valence-electron chi connectivity index (χ2n) is 6.31.